The standard InChI is InChI=1S/C16H23N3O5S/c1-18(25(21,22)14-3-2-6-17-11-14)12-15(20)19-7-4-13(5-8-19)16-23-9-10-24-16/h2-3,6,11,13,16H,4-5,7-10,12H2,1H3. The smallest absolute Gasteiger partial charge is 0.244 e. The van der Waals surface area contributed by atoms with Crippen LogP contribution in [0.15, 0.2) is 29.4 Å². The van der Waals surface area contributed by atoms with Crippen LogP contribution in [0.2, 0.25) is 0 Å². The Labute approximate surface area is 147 Å². The van der Waals surface area contributed by atoms with E-state index < -0.39 is 10.0 Å². The van der Waals surface area contributed by atoms with Gasteiger partial charge in [-0.2, -0.15) is 4.31 Å². The first kappa shape index (κ1) is 18.2. The summed E-state index contributed by atoms with van der Waals surface area (Å²) in [6.07, 6.45) is 4.23. The number of amides is 1. The molecule has 0 atom stereocenters. The molecule has 2 saturated heterocycles. The minimum atomic E-state index is -3.71. The van der Waals surface area contributed by atoms with Crippen molar-refractivity contribution in [3.05, 3.63) is 24.5 Å². The van der Waals surface area contributed by atoms with Gasteiger partial charge in [0.25, 0.3) is 0 Å². The lowest BCUT2D eigenvalue weighted by atomic mass is 9.96. The highest BCUT2D eigenvalue weighted by molar-refractivity contribution is 7.89. The predicted molar refractivity (Wildman–Crippen MR) is 89.0 cm³/mol. The average molecular weight is 369 g/mol. The van der Waals surface area contributed by atoms with E-state index in [1.165, 1.54) is 25.5 Å². The molecule has 0 radical (unpaired) electrons. The monoisotopic (exact) mass is 369 g/mol. The van der Waals surface area contributed by atoms with Crippen molar-refractivity contribution in [1.29, 1.82) is 0 Å². The van der Waals surface area contributed by atoms with Crippen LogP contribution in [-0.2, 0) is 24.3 Å². The van der Waals surface area contributed by atoms with Crippen molar-refractivity contribution >= 4 is 15.9 Å². The van der Waals surface area contributed by atoms with Gasteiger partial charge >= 0.3 is 0 Å². The van der Waals surface area contributed by atoms with Gasteiger partial charge in [0.05, 0.1) is 19.8 Å². The molecule has 8 nitrogen and oxygen atoms in total. The number of carbonyl (C=O) groups excluding carboxylic acids is 1. The van der Waals surface area contributed by atoms with Gasteiger partial charge in [-0.05, 0) is 25.0 Å². The topological polar surface area (TPSA) is 89.0 Å². The Morgan fingerprint density at radius 2 is 2.00 bits per heavy atom. The molecule has 2 aliphatic heterocycles. The lowest BCUT2D eigenvalue weighted by Gasteiger charge is -2.34. The highest BCUT2D eigenvalue weighted by atomic mass is 32.2. The lowest BCUT2D eigenvalue weighted by Crippen LogP contribution is -2.46. The van der Waals surface area contributed by atoms with Gasteiger partial charge < -0.3 is 14.4 Å². The third-order valence-electron chi connectivity index (χ3n) is 4.63. The summed E-state index contributed by atoms with van der Waals surface area (Å²) in [6.45, 7) is 2.25. The van der Waals surface area contributed by atoms with E-state index in [-0.39, 0.29) is 23.6 Å². The van der Waals surface area contributed by atoms with Crippen LogP contribution in [0.25, 0.3) is 0 Å². The molecule has 0 aliphatic carbocycles. The third kappa shape index (κ3) is 4.17. The molecule has 3 heterocycles. The Morgan fingerprint density at radius 3 is 2.60 bits per heavy atom. The Bertz CT molecular complexity index is 683. The number of likely N-dealkylation sites (N-methyl/N-ethyl adjacent to an activating group) is 1. The number of pyridine rings is 1. The molecule has 138 valence electrons. The average Bonchev–Trinajstić information content (AvgIpc) is 3.17. The van der Waals surface area contributed by atoms with Gasteiger partial charge in [-0.15, -0.1) is 0 Å². The molecule has 2 fully saturated rings. The Morgan fingerprint density at radius 1 is 1.32 bits per heavy atom. The predicted octanol–water partition coefficient (Wildman–Crippen LogP) is 0.314. The highest BCUT2D eigenvalue weighted by Crippen LogP contribution is 2.26. The molecule has 25 heavy (non-hydrogen) atoms. The quantitative estimate of drug-likeness (QED) is 0.742. The van der Waals surface area contributed by atoms with Gasteiger partial charge in [0, 0.05) is 38.4 Å². The van der Waals surface area contributed by atoms with Crippen molar-refractivity contribution in [2.24, 2.45) is 5.92 Å². The second kappa shape index (κ2) is 7.77. The van der Waals surface area contributed by atoms with E-state index in [9.17, 15) is 13.2 Å². The maximum Gasteiger partial charge on any atom is 0.244 e. The van der Waals surface area contributed by atoms with Crippen LogP contribution >= 0.6 is 0 Å². The zero-order valence-electron chi connectivity index (χ0n) is 14.2. The Balaban J connectivity index is 1.54. The zero-order chi connectivity index (χ0) is 17.9. The van der Waals surface area contributed by atoms with Gasteiger partial charge in [0.2, 0.25) is 15.9 Å². The molecule has 0 aromatic carbocycles. The minimum absolute atomic E-state index is 0.0829. The van der Waals surface area contributed by atoms with Crippen LogP contribution in [0, 0.1) is 5.92 Å². The van der Waals surface area contributed by atoms with Crippen molar-refractivity contribution in [1.82, 2.24) is 14.2 Å². The van der Waals surface area contributed by atoms with Gasteiger partial charge in [0.1, 0.15) is 4.90 Å². The fraction of sp³-hybridized carbons (Fsp3) is 0.625. The van der Waals surface area contributed by atoms with Crippen molar-refractivity contribution in [2.75, 3.05) is 39.9 Å². The zero-order valence-corrected chi connectivity index (χ0v) is 15.0. The van der Waals surface area contributed by atoms with Crippen molar-refractivity contribution in [3.8, 4) is 0 Å². The summed E-state index contributed by atoms with van der Waals surface area (Å²) in [6, 6.07) is 3.02. The second-order valence-corrected chi connectivity index (χ2v) is 8.32. The molecule has 0 bridgehead atoms. The molecule has 0 spiro atoms. The van der Waals surface area contributed by atoms with E-state index in [0.29, 0.717) is 32.2 Å². The Hall–Kier alpha value is -1.55. The number of hydrogen-bond donors (Lipinski definition) is 0. The van der Waals surface area contributed by atoms with Gasteiger partial charge in [0.15, 0.2) is 6.29 Å². The molecule has 0 saturated carbocycles. The third-order valence-corrected chi connectivity index (χ3v) is 6.41. The minimum Gasteiger partial charge on any atom is -0.350 e. The molecular formula is C16H23N3O5S. The van der Waals surface area contributed by atoms with Gasteiger partial charge in [-0.25, -0.2) is 8.42 Å². The normalized spacial score (nSPS) is 20.3. The molecular weight excluding hydrogens is 346 g/mol. The van der Waals surface area contributed by atoms with E-state index in [4.69, 9.17) is 9.47 Å². The number of aromatic nitrogens is 1. The second-order valence-electron chi connectivity index (χ2n) is 6.28. The first-order chi connectivity index (χ1) is 12.0. The number of rotatable bonds is 5. The highest BCUT2D eigenvalue weighted by Gasteiger charge is 2.33. The molecule has 2 aliphatic rings. The van der Waals surface area contributed by atoms with Crippen molar-refractivity contribution < 1.29 is 22.7 Å². The van der Waals surface area contributed by atoms with Crippen LogP contribution in [0.4, 0.5) is 0 Å². The Kier molecular flexibility index (Phi) is 5.67. The molecule has 0 N–H and O–H groups in total. The molecule has 0 unspecified atom stereocenters. The van der Waals surface area contributed by atoms with E-state index in [0.717, 1.165) is 17.1 Å². The number of sulfonamides is 1. The van der Waals surface area contributed by atoms with E-state index in [2.05, 4.69) is 4.98 Å². The van der Waals surface area contributed by atoms with Crippen LogP contribution in [-0.4, -0.2) is 74.7 Å². The number of piperidine rings is 1. The first-order valence-electron chi connectivity index (χ1n) is 8.36. The number of likely N-dealkylation sites (tertiary alicyclic amines) is 1. The summed E-state index contributed by atoms with van der Waals surface area (Å²) in [5.41, 5.74) is 0. The number of nitrogens with zero attached hydrogens (tertiary/aromatic N) is 3. The van der Waals surface area contributed by atoms with Crippen LogP contribution in [0.1, 0.15) is 12.8 Å². The number of hydrogen-bond acceptors (Lipinski definition) is 6. The summed E-state index contributed by atoms with van der Waals surface area (Å²) in [4.78, 5) is 18.1. The number of ether oxygens (including phenoxy) is 2. The van der Waals surface area contributed by atoms with Crippen molar-refractivity contribution in [2.45, 2.75) is 24.0 Å². The lowest BCUT2D eigenvalue weighted by molar-refractivity contribution is -0.136. The van der Waals surface area contributed by atoms with Crippen LogP contribution in [0.5, 0.6) is 0 Å². The largest absolute Gasteiger partial charge is 0.350 e. The SMILES string of the molecule is CN(CC(=O)N1CCC(C2OCCO2)CC1)S(=O)(=O)c1cccnc1. The van der Waals surface area contributed by atoms with E-state index >= 15 is 0 Å². The summed E-state index contributed by atoms with van der Waals surface area (Å²) < 4.78 is 37.0. The van der Waals surface area contributed by atoms with E-state index in [1.807, 2.05) is 0 Å². The maximum absolute atomic E-state index is 12.5. The number of carbonyl (C=O) groups is 1. The van der Waals surface area contributed by atoms with Crippen molar-refractivity contribution in [3.63, 3.8) is 0 Å². The van der Waals surface area contributed by atoms with Gasteiger partial charge in [-0.3, -0.25) is 9.78 Å². The summed E-state index contributed by atoms with van der Waals surface area (Å²) >= 11 is 0. The fourth-order valence-corrected chi connectivity index (χ4v) is 4.21. The summed E-state index contributed by atoms with van der Waals surface area (Å²) in [5.74, 6) is 0.102. The van der Waals surface area contributed by atoms with Crippen LogP contribution in [0.3, 0.4) is 0 Å². The van der Waals surface area contributed by atoms with Gasteiger partial charge in [-0.1, -0.05) is 0 Å². The molecule has 1 aromatic heterocycles. The fourth-order valence-electron chi connectivity index (χ4n) is 3.12. The molecule has 9 heteroatoms. The van der Waals surface area contributed by atoms with E-state index in [1.54, 1.807) is 11.0 Å². The molecule has 3 rings (SSSR count). The van der Waals surface area contributed by atoms with Crippen LogP contribution < -0.4 is 0 Å². The molecule has 1 amide bonds. The first-order valence-corrected chi connectivity index (χ1v) is 9.80. The summed E-state index contributed by atoms with van der Waals surface area (Å²) in [7, 11) is -2.30. The molecule has 1 aromatic rings. The maximum atomic E-state index is 12.5. The summed E-state index contributed by atoms with van der Waals surface area (Å²) in [5, 5.41) is 0.